The highest BCUT2D eigenvalue weighted by atomic mass is 31.2. The number of carbonyl (C=O) groups is 1. The van der Waals surface area contributed by atoms with Gasteiger partial charge in [-0.05, 0) is 44.9 Å². The second kappa shape index (κ2) is 41.5. The van der Waals surface area contributed by atoms with Gasteiger partial charge in [0.25, 0.3) is 0 Å². The third-order valence-electron chi connectivity index (χ3n) is 8.73. The lowest BCUT2D eigenvalue weighted by atomic mass is 10.0. The summed E-state index contributed by atoms with van der Waals surface area (Å²) in [5.41, 5.74) is 5.36. The number of ether oxygens (including phenoxy) is 2. The van der Waals surface area contributed by atoms with Crippen molar-refractivity contribution >= 4 is 13.8 Å². The molecule has 0 aromatic carbocycles. The van der Waals surface area contributed by atoms with Crippen LogP contribution < -0.4 is 5.73 Å². The van der Waals surface area contributed by atoms with Crippen LogP contribution in [0.25, 0.3) is 0 Å². The number of aliphatic hydroxyl groups is 1. The summed E-state index contributed by atoms with van der Waals surface area (Å²) in [5, 5.41) is 10.1. The number of phosphoric acid groups is 1. The Morgan fingerprint density at radius 2 is 1.20 bits per heavy atom. The molecule has 0 spiro atoms. The van der Waals surface area contributed by atoms with Crippen molar-refractivity contribution in [2.45, 2.75) is 174 Å². The molecule has 0 aliphatic carbocycles. The number of nitrogens with two attached hydrogens (primary N) is 1. The molecule has 0 radical (unpaired) electrons. The van der Waals surface area contributed by atoms with E-state index in [1.807, 2.05) is 36.5 Å². The number of phosphoric ester groups is 1. The number of allylic oxidation sites excluding steroid dienone is 10. The normalized spacial score (nSPS) is 14.8. The van der Waals surface area contributed by atoms with Gasteiger partial charge in [-0.3, -0.25) is 13.8 Å². The minimum atomic E-state index is -4.32. The maximum Gasteiger partial charge on any atom is 0.472 e. The van der Waals surface area contributed by atoms with E-state index in [1.165, 1.54) is 89.9 Å². The lowest BCUT2D eigenvalue weighted by Crippen LogP contribution is -2.28. The Morgan fingerprint density at radius 1 is 0.655 bits per heavy atom. The fourth-order valence-electron chi connectivity index (χ4n) is 5.58. The fraction of sp³-hybridized carbons (Fsp3) is 0.711. The molecule has 55 heavy (non-hydrogen) atoms. The van der Waals surface area contributed by atoms with Crippen molar-refractivity contribution in [2.24, 2.45) is 5.73 Å². The predicted molar refractivity (Wildman–Crippen MR) is 230 cm³/mol. The van der Waals surface area contributed by atoms with E-state index in [0.717, 1.165) is 32.1 Å². The number of unbranched alkanes of at least 4 members (excludes halogenated alkanes) is 15. The van der Waals surface area contributed by atoms with Gasteiger partial charge >= 0.3 is 13.8 Å². The summed E-state index contributed by atoms with van der Waals surface area (Å²) in [4.78, 5) is 22.4. The van der Waals surface area contributed by atoms with Crippen molar-refractivity contribution in [3.05, 3.63) is 72.9 Å². The third-order valence-corrected chi connectivity index (χ3v) is 9.72. The van der Waals surface area contributed by atoms with Crippen molar-refractivity contribution < 1.29 is 37.9 Å². The van der Waals surface area contributed by atoms with Crippen molar-refractivity contribution in [1.29, 1.82) is 0 Å². The molecule has 3 unspecified atom stereocenters. The highest BCUT2D eigenvalue weighted by Gasteiger charge is 2.25. The average Bonchev–Trinajstić information content (AvgIpc) is 3.17. The first kappa shape index (κ1) is 52.9. The van der Waals surface area contributed by atoms with Crippen LogP contribution in [0.5, 0.6) is 0 Å². The first-order valence-electron chi connectivity index (χ1n) is 21.5. The summed E-state index contributed by atoms with van der Waals surface area (Å²) in [6.45, 7) is 4.60. The molecule has 10 heteroatoms. The number of rotatable bonds is 40. The van der Waals surface area contributed by atoms with Crippen LogP contribution >= 0.6 is 7.82 Å². The quantitative estimate of drug-likeness (QED) is 0.0182. The summed E-state index contributed by atoms with van der Waals surface area (Å²) in [5.74, 6) is -0.445. The van der Waals surface area contributed by atoms with Gasteiger partial charge in [-0.1, -0.05) is 183 Å². The summed E-state index contributed by atoms with van der Waals surface area (Å²) in [6, 6.07) is 0. The first-order valence-corrected chi connectivity index (χ1v) is 23.0. The Balaban J connectivity index is 4.25. The van der Waals surface area contributed by atoms with Gasteiger partial charge in [0.05, 0.1) is 25.9 Å². The zero-order valence-corrected chi connectivity index (χ0v) is 35.6. The molecule has 4 N–H and O–H groups in total. The number of carbonyl (C=O) groups excluding carboxylic acids is 1. The lowest BCUT2D eigenvalue weighted by Gasteiger charge is -2.20. The van der Waals surface area contributed by atoms with Gasteiger partial charge in [0.15, 0.2) is 0 Å². The van der Waals surface area contributed by atoms with Gasteiger partial charge in [0.1, 0.15) is 6.10 Å². The Morgan fingerprint density at radius 3 is 1.80 bits per heavy atom. The SMILES string of the molecule is CCC=CCC=CCC=CC=CC(O)CC=CCC=CCCC(=O)OC(COCCCCCCCCCCCCCCCCCC)COP(=O)(O)OCCN. The van der Waals surface area contributed by atoms with E-state index in [9.17, 15) is 19.4 Å². The zero-order valence-electron chi connectivity index (χ0n) is 34.8. The van der Waals surface area contributed by atoms with E-state index < -0.39 is 26.0 Å². The predicted octanol–water partition coefficient (Wildman–Crippen LogP) is 11.7. The summed E-state index contributed by atoms with van der Waals surface area (Å²) in [7, 11) is -4.32. The molecule has 3 atom stereocenters. The van der Waals surface area contributed by atoms with E-state index in [1.54, 1.807) is 6.08 Å². The second-order valence-corrected chi connectivity index (χ2v) is 15.5. The molecule has 0 rings (SSSR count). The van der Waals surface area contributed by atoms with Gasteiger partial charge in [-0.15, -0.1) is 0 Å². The van der Waals surface area contributed by atoms with Crippen LogP contribution in [-0.2, 0) is 27.9 Å². The van der Waals surface area contributed by atoms with Crippen molar-refractivity contribution in [1.82, 2.24) is 0 Å². The smallest absolute Gasteiger partial charge is 0.457 e. The maximum atomic E-state index is 12.6. The average molecular weight is 794 g/mol. The Kier molecular flexibility index (Phi) is 39.9. The molecule has 9 nitrogen and oxygen atoms in total. The summed E-state index contributed by atoms with van der Waals surface area (Å²) >= 11 is 0. The van der Waals surface area contributed by atoms with Crippen LogP contribution in [0.3, 0.4) is 0 Å². The Labute approximate surface area is 336 Å². The van der Waals surface area contributed by atoms with Crippen LogP contribution in [0.4, 0.5) is 0 Å². The number of hydrogen-bond acceptors (Lipinski definition) is 8. The zero-order chi connectivity index (χ0) is 40.3. The summed E-state index contributed by atoms with van der Waals surface area (Å²) in [6.07, 6.45) is 48.1. The van der Waals surface area contributed by atoms with Gasteiger partial charge in [-0.2, -0.15) is 0 Å². The van der Waals surface area contributed by atoms with Crippen LogP contribution in [0.1, 0.15) is 162 Å². The monoisotopic (exact) mass is 794 g/mol. The van der Waals surface area contributed by atoms with E-state index in [0.29, 0.717) is 25.9 Å². The molecule has 0 fully saturated rings. The molecular weight excluding hydrogens is 713 g/mol. The molecule has 0 aliphatic rings. The van der Waals surface area contributed by atoms with E-state index >= 15 is 0 Å². The van der Waals surface area contributed by atoms with Gasteiger partial charge in [0, 0.05) is 19.6 Å². The standard InChI is InChI=1S/C45H80NO8P/c1-3-5-7-9-11-13-15-16-17-18-19-20-22-26-30-34-39-51-41-44(42-53-55(49,50)52-40-38-46)54-45(48)37-33-29-25-24-28-32-36-43(47)35-31-27-23-21-14-12-10-8-6-4-2/h6,8,12,14,23,25,27-29,31-32,35,43-44,47H,3-5,7,9-11,13,15-22,24,26,30,33-34,36-42,46H2,1-2H3,(H,49,50). The molecule has 0 aromatic heterocycles. The molecule has 0 heterocycles. The van der Waals surface area contributed by atoms with Crippen LogP contribution in [0.15, 0.2) is 72.9 Å². The molecular formula is C45H80NO8P. The largest absolute Gasteiger partial charge is 0.472 e. The van der Waals surface area contributed by atoms with E-state index in [4.69, 9.17) is 24.3 Å². The molecule has 0 saturated carbocycles. The minimum Gasteiger partial charge on any atom is -0.457 e. The van der Waals surface area contributed by atoms with Gasteiger partial charge in [-0.25, -0.2) is 4.57 Å². The number of esters is 1. The molecule has 0 aliphatic heterocycles. The molecule has 0 saturated heterocycles. The lowest BCUT2D eigenvalue weighted by molar-refractivity contribution is -0.154. The molecule has 0 aromatic rings. The Hall–Kier alpha value is -2.10. The maximum absolute atomic E-state index is 12.6. The fourth-order valence-corrected chi connectivity index (χ4v) is 6.34. The summed E-state index contributed by atoms with van der Waals surface area (Å²) < 4.78 is 33.3. The van der Waals surface area contributed by atoms with Crippen LogP contribution in [0.2, 0.25) is 0 Å². The second-order valence-electron chi connectivity index (χ2n) is 14.0. The molecule has 318 valence electrons. The van der Waals surface area contributed by atoms with Gasteiger partial charge < -0.3 is 25.2 Å². The first-order chi connectivity index (χ1) is 26.8. The van der Waals surface area contributed by atoms with Crippen molar-refractivity contribution in [3.63, 3.8) is 0 Å². The van der Waals surface area contributed by atoms with Crippen molar-refractivity contribution in [3.8, 4) is 0 Å². The third kappa shape index (κ3) is 41.4. The number of hydrogen-bond donors (Lipinski definition) is 3. The number of aliphatic hydroxyl groups excluding tert-OH is 1. The highest BCUT2D eigenvalue weighted by Crippen LogP contribution is 2.43. The van der Waals surface area contributed by atoms with E-state index in [2.05, 4.69) is 44.2 Å². The Bertz CT molecular complexity index is 1090. The molecule has 0 bridgehead atoms. The van der Waals surface area contributed by atoms with Gasteiger partial charge in [0.2, 0.25) is 0 Å². The van der Waals surface area contributed by atoms with E-state index in [-0.39, 0.29) is 32.8 Å². The molecule has 0 amide bonds. The minimum absolute atomic E-state index is 0.0634. The van der Waals surface area contributed by atoms with Crippen molar-refractivity contribution in [2.75, 3.05) is 33.0 Å². The van der Waals surface area contributed by atoms with Crippen LogP contribution in [0, 0.1) is 0 Å². The van der Waals surface area contributed by atoms with Crippen LogP contribution in [-0.4, -0.2) is 61.1 Å². The topological polar surface area (TPSA) is 138 Å². The highest BCUT2D eigenvalue weighted by molar-refractivity contribution is 7.47.